The molecule has 9 heteroatoms. The number of aryl methyl sites for hydroxylation is 1. The number of guanidine groups is 1. The van der Waals surface area contributed by atoms with Gasteiger partial charge in [-0.1, -0.05) is 13.8 Å². The van der Waals surface area contributed by atoms with Gasteiger partial charge in [0.25, 0.3) is 0 Å². The van der Waals surface area contributed by atoms with Crippen molar-refractivity contribution in [3.8, 4) is 0 Å². The molecule has 24 heavy (non-hydrogen) atoms. The van der Waals surface area contributed by atoms with Crippen molar-refractivity contribution in [1.29, 1.82) is 0 Å². The number of aromatic nitrogens is 2. The number of rotatable bonds is 4. The number of alkyl halides is 3. The van der Waals surface area contributed by atoms with Gasteiger partial charge in [-0.15, -0.1) is 0 Å². The largest absolute Gasteiger partial charge is 0.435 e. The van der Waals surface area contributed by atoms with E-state index in [9.17, 15) is 13.2 Å². The van der Waals surface area contributed by atoms with Crippen molar-refractivity contribution in [2.75, 3.05) is 14.2 Å². The van der Waals surface area contributed by atoms with Crippen molar-refractivity contribution in [2.45, 2.75) is 45.1 Å². The highest BCUT2D eigenvalue weighted by molar-refractivity contribution is 5.80. The molecule has 1 aliphatic rings. The lowest BCUT2D eigenvalue weighted by atomic mass is 9.64. The number of hydrogen-bond donors (Lipinski definition) is 2. The summed E-state index contributed by atoms with van der Waals surface area (Å²) in [6.07, 6.45) is -2.14. The second kappa shape index (κ2) is 6.62. The minimum Gasteiger partial charge on any atom is -0.381 e. The normalized spacial score (nSPS) is 23.8. The summed E-state index contributed by atoms with van der Waals surface area (Å²) in [7, 11) is 4.73. The third-order valence-electron chi connectivity index (χ3n) is 4.62. The predicted molar refractivity (Wildman–Crippen MR) is 84.5 cm³/mol. The van der Waals surface area contributed by atoms with Crippen LogP contribution < -0.4 is 10.6 Å². The number of halogens is 3. The molecule has 0 aliphatic heterocycles. The Bertz CT molecular complexity index is 609. The van der Waals surface area contributed by atoms with E-state index in [1.165, 1.54) is 13.2 Å². The molecule has 0 spiro atoms. The molecule has 1 fully saturated rings. The summed E-state index contributed by atoms with van der Waals surface area (Å²) < 4.78 is 45.4. The van der Waals surface area contributed by atoms with Crippen LogP contribution in [0.5, 0.6) is 0 Å². The van der Waals surface area contributed by atoms with Crippen LogP contribution in [0.4, 0.5) is 13.2 Å². The molecule has 2 N–H and O–H groups in total. The lowest BCUT2D eigenvalue weighted by Crippen LogP contribution is -2.63. The second-order valence-corrected chi connectivity index (χ2v) is 6.58. The van der Waals surface area contributed by atoms with E-state index < -0.39 is 11.9 Å². The first-order chi connectivity index (χ1) is 11.1. The van der Waals surface area contributed by atoms with Crippen LogP contribution in [0.3, 0.4) is 0 Å². The molecule has 1 aliphatic carbocycles. The highest BCUT2D eigenvalue weighted by atomic mass is 19.4. The quantitative estimate of drug-likeness (QED) is 0.645. The summed E-state index contributed by atoms with van der Waals surface area (Å²) in [4.78, 5) is 4.09. The standard InChI is InChI=1S/C15H24F3N5O/c1-14(2)10(6-11(14)24-5)21-13(19-3)20-7-9-8-23(4)22-12(9)15(16,17)18/h8,10-11H,6-7H2,1-5H3,(H2,19,20,21). The molecule has 2 rings (SSSR count). The predicted octanol–water partition coefficient (Wildman–Crippen LogP) is 1.92. The maximum absolute atomic E-state index is 13.0. The number of ether oxygens (including phenoxy) is 1. The summed E-state index contributed by atoms with van der Waals surface area (Å²) in [6.45, 7) is 4.15. The Hall–Kier alpha value is -1.77. The zero-order valence-electron chi connectivity index (χ0n) is 14.5. The first kappa shape index (κ1) is 18.6. The number of aliphatic imine (C=N–C) groups is 1. The fourth-order valence-corrected chi connectivity index (χ4v) is 2.97. The molecule has 0 bridgehead atoms. The Balaban J connectivity index is 1.99. The van der Waals surface area contributed by atoms with E-state index in [0.717, 1.165) is 11.1 Å². The van der Waals surface area contributed by atoms with Gasteiger partial charge in [0.15, 0.2) is 11.7 Å². The van der Waals surface area contributed by atoms with Gasteiger partial charge in [0.2, 0.25) is 0 Å². The lowest BCUT2D eigenvalue weighted by molar-refractivity contribution is -0.142. The van der Waals surface area contributed by atoms with Crippen LogP contribution in [0.2, 0.25) is 0 Å². The number of hydrogen-bond acceptors (Lipinski definition) is 3. The van der Waals surface area contributed by atoms with E-state index in [2.05, 4.69) is 34.6 Å². The molecule has 0 radical (unpaired) electrons. The van der Waals surface area contributed by atoms with E-state index in [0.29, 0.717) is 5.96 Å². The molecule has 6 nitrogen and oxygen atoms in total. The molecular formula is C15H24F3N5O. The van der Waals surface area contributed by atoms with Crippen molar-refractivity contribution in [3.63, 3.8) is 0 Å². The zero-order valence-corrected chi connectivity index (χ0v) is 14.5. The van der Waals surface area contributed by atoms with Gasteiger partial charge in [-0.25, -0.2) is 0 Å². The van der Waals surface area contributed by atoms with Crippen LogP contribution in [-0.2, 0) is 24.5 Å². The topological polar surface area (TPSA) is 63.5 Å². The Morgan fingerprint density at radius 3 is 2.67 bits per heavy atom. The molecule has 1 aromatic heterocycles. The SMILES string of the molecule is CN=C(NCc1cn(C)nc1C(F)(F)F)NC1CC(OC)C1(C)C. The lowest BCUT2D eigenvalue weighted by Gasteiger charge is -2.51. The smallest absolute Gasteiger partial charge is 0.381 e. The van der Waals surface area contributed by atoms with E-state index in [1.807, 2.05) is 0 Å². The van der Waals surface area contributed by atoms with Crippen LogP contribution in [0.15, 0.2) is 11.2 Å². The van der Waals surface area contributed by atoms with Gasteiger partial charge >= 0.3 is 6.18 Å². The molecule has 1 heterocycles. The Morgan fingerprint density at radius 2 is 2.17 bits per heavy atom. The van der Waals surface area contributed by atoms with E-state index in [-0.39, 0.29) is 29.7 Å². The van der Waals surface area contributed by atoms with Gasteiger partial charge in [0.05, 0.1) is 6.10 Å². The monoisotopic (exact) mass is 347 g/mol. The van der Waals surface area contributed by atoms with Crippen molar-refractivity contribution in [1.82, 2.24) is 20.4 Å². The summed E-state index contributed by atoms with van der Waals surface area (Å²) in [6, 6.07) is 0.143. The maximum atomic E-state index is 13.0. The van der Waals surface area contributed by atoms with Crippen molar-refractivity contribution in [3.05, 3.63) is 17.5 Å². The second-order valence-electron chi connectivity index (χ2n) is 6.58. The van der Waals surface area contributed by atoms with Crippen LogP contribution in [0.25, 0.3) is 0 Å². The average molecular weight is 347 g/mol. The van der Waals surface area contributed by atoms with Crippen LogP contribution in [0.1, 0.15) is 31.5 Å². The molecule has 2 unspecified atom stereocenters. The first-order valence-corrected chi connectivity index (χ1v) is 7.69. The molecule has 1 saturated carbocycles. The fourth-order valence-electron chi connectivity index (χ4n) is 2.97. The summed E-state index contributed by atoms with van der Waals surface area (Å²) >= 11 is 0. The third kappa shape index (κ3) is 3.66. The van der Waals surface area contributed by atoms with Gasteiger partial charge in [-0.05, 0) is 6.42 Å². The van der Waals surface area contributed by atoms with Crippen LogP contribution in [0, 0.1) is 5.41 Å². The van der Waals surface area contributed by atoms with Gasteiger partial charge in [-0.2, -0.15) is 18.3 Å². The molecule has 136 valence electrons. The summed E-state index contributed by atoms with van der Waals surface area (Å²) in [5.74, 6) is 0.458. The number of nitrogens with one attached hydrogen (secondary N) is 2. The summed E-state index contributed by atoms with van der Waals surface area (Å²) in [5, 5.41) is 9.66. The fraction of sp³-hybridized carbons (Fsp3) is 0.733. The summed E-state index contributed by atoms with van der Waals surface area (Å²) in [5.41, 5.74) is -0.871. The average Bonchev–Trinajstić information content (AvgIpc) is 2.87. The Kier molecular flexibility index (Phi) is 5.12. The van der Waals surface area contributed by atoms with E-state index in [4.69, 9.17) is 4.74 Å². The highest BCUT2D eigenvalue weighted by Gasteiger charge is 2.49. The minimum atomic E-state index is -4.48. The van der Waals surface area contributed by atoms with Crippen molar-refractivity contribution >= 4 is 5.96 Å². The number of nitrogens with zero attached hydrogens (tertiary/aromatic N) is 3. The van der Waals surface area contributed by atoms with Crippen LogP contribution in [-0.4, -0.2) is 42.0 Å². The maximum Gasteiger partial charge on any atom is 0.435 e. The van der Waals surface area contributed by atoms with E-state index >= 15 is 0 Å². The molecular weight excluding hydrogens is 323 g/mol. The van der Waals surface area contributed by atoms with Crippen LogP contribution >= 0.6 is 0 Å². The van der Waals surface area contributed by atoms with Gasteiger partial charge in [0.1, 0.15) is 0 Å². The van der Waals surface area contributed by atoms with Crippen molar-refractivity contribution in [2.24, 2.45) is 17.5 Å². The third-order valence-corrected chi connectivity index (χ3v) is 4.62. The van der Waals surface area contributed by atoms with Gasteiger partial charge < -0.3 is 15.4 Å². The van der Waals surface area contributed by atoms with E-state index in [1.54, 1.807) is 14.2 Å². The Morgan fingerprint density at radius 1 is 1.50 bits per heavy atom. The molecule has 1 aromatic rings. The van der Waals surface area contributed by atoms with Gasteiger partial charge in [0, 0.05) is 51.0 Å². The molecule has 0 aromatic carbocycles. The van der Waals surface area contributed by atoms with Gasteiger partial charge in [-0.3, -0.25) is 9.67 Å². The Labute approximate surface area is 139 Å². The number of methoxy groups -OCH3 is 1. The highest BCUT2D eigenvalue weighted by Crippen LogP contribution is 2.42. The molecule has 0 amide bonds. The molecule has 0 saturated heterocycles. The zero-order chi connectivity index (χ0) is 18.1. The minimum absolute atomic E-state index is 0.0107. The molecule has 2 atom stereocenters. The van der Waals surface area contributed by atoms with Crippen molar-refractivity contribution < 1.29 is 17.9 Å². The first-order valence-electron chi connectivity index (χ1n) is 7.69.